The number of carboxylic acid groups (broad SMARTS) is 1. The van der Waals surface area contributed by atoms with Crippen molar-refractivity contribution in [1.82, 2.24) is 0 Å². The molecule has 0 spiro atoms. The van der Waals surface area contributed by atoms with Gasteiger partial charge in [0.15, 0.2) is 5.78 Å². The first-order valence-electron chi connectivity index (χ1n) is 6.89. The van der Waals surface area contributed by atoms with Crippen LogP contribution < -0.4 is 0 Å². The van der Waals surface area contributed by atoms with Crippen LogP contribution in [0, 0.1) is 0 Å². The number of hydrogen-bond donors (Lipinski definition) is 1. The minimum atomic E-state index is -1.13. The standard InChI is InChI=1S/C18H17ClO3/c1-18(2,3)11-8-9-12(17(21)22)14(10-11)16(20)13-6-4-5-7-15(13)19/h4-10H,1-3H3,(H,21,22). The number of aromatic carboxylic acids is 1. The molecule has 0 radical (unpaired) electrons. The second kappa shape index (κ2) is 5.93. The second-order valence-corrected chi connectivity index (χ2v) is 6.53. The van der Waals surface area contributed by atoms with Gasteiger partial charge >= 0.3 is 5.97 Å². The first-order chi connectivity index (χ1) is 10.2. The number of carbonyl (C=O) groups excluding carboxylic acids is 1. The van der Waals surface area contributed by atoms with Gasteiger partial charge in [0, 0.05) is 11.1 Å². The molecule has 0 heterocycles. The molecular formula is C18H17ClO3. The minimum Gasteiger partial charge on any atom is -0.478 e. The van der Waals surface area contributed by atoms with Gasteiger partial charge in [-0.05, 0) is 35.2 Å². The Morgan fingerprint density at radius 2 is 1.59 bits per heavy atom. The Morgan fingerprint density at radius 1 is 0.955 bits per heavy atom. The van der Waals surface area contributed by atoms with Crippen LogP contribution in [0.15, 0.2) is 42.5 Å². The minimum absolute atomic E-state index is 0.0158. The monoisotopic (exact) mass is 316 g/mol. The fourth-order valence-corrected chi connectivity index (χ4v) is 2.40. The van der Waals surface area contributed by atoms with Gasteiger partial charge in [-0.15, -0.1) is 0 Å². The summed E-state index contributed by atoms with van der Waals surface area (Å²) in [6, 6.07) is 11.5. The predicted octanol–water partition coefficient (Wildman–Crippen LogP) is 4.57. The first kappa shape index (κ1) is 16.2. The fraction of sp³-hybridized carbons (Fsp3) is 0.222. The number of halogens is 1. The van der Waals surface area contributed by atoms with Crippen molar-refractivity contribution >= 4 is 23.4 Å². The summed E-state index contributed by atoms with van der Waals surface area (Å²) >= 11 is 6.06. The van der Waals surface area contributed by atoms with E-state index in [1.54, 1.807) is 36.4 Å². The third-order valence-corrected chi connectivity index (χ3v) is 3.81. The summed E-state index contributed by atoms with van der Waals surface area (Å²) in [4.78, 5) is 24.1. The van der Waals surface area contributed by atoms with Gasteiger partial charge in [-0.1, -0.05) is 50.6 Å². The summed E-state index contributed by atoms with van der Waals surface area (Å²) in [7, 11) is 0. The lowest BCUT2D eigenvalue weighted by Crippen LogP contribution is -2.16. The van der Waals surface area contributed by atoms with Crippen LogP contribution in [-0.4, -0.2) is 16.9 Å². The summed E-state index contributed by atoms with van der Waals surface area (Å²) in [5, 5.41) is 9.65. The topological polar surface area (TPSA) is 54.4 Å². The molecule has 0 bridgehead atoms. The molecule has 0 amide bonds. The number of carbonyl (C=O) groups is 2. The van der Waals surface area contributed by atoms with Gasteiger partial charge in [0.1, 0.15) is 0 Å². The van der Waals surface area contributed by atoms with Crippen molar-refractivity contribution in [3.63, 3.8) is 0 Å². The predicted molar refractivity (Wildman–Crippen MR) is 87.0 cm³/mol. The van der Waals surface area contributed by atoms with Crippen LogP contribution in [0.25, 0.3) is 0 Å². The van der Waals surface area contributed by atoms with E-state index < -0.39 is 5.97 Å². The molecule has 2 aromatic rings. The largest absolute Gasteiger partial charge is 0.478 e. The van der Waals surface area contributed by atoms with E-state index in [1.165, 1.54) is 6.07 Å². The molecule has 2 rings (SSSR count). The molecular weight excluding hydrogens is 300 g/mol. The van der Waals surface area contributed by atoms with Crippen LogP contribution in [0.4, 0.5) is 0 Å². The Morgan fingerprint density at radius 3 is 2.14 bits per heavy atom. The molecule has 0 atom stereocenters. The van der Waals surface area contributed by atoms with Crippen molar-refractivity contribution in [3.05, 3.63) is 69.7 Å². The van der Waals surface area contributed by atoms with E-state index in [4.69, 9.17) is 11.6 Å². The van der Waals surface area contributed by atoms with Crippen LogP contribution in [-0.2, 0) is 5.41 Å². The first-order valence-corrected chi connectivity index (χ1v) is 7.26. The van der Waals surface area contributed by atoms with Crippen molar-refractivity contribution < 1.29 is 14.7 Å². The van der Waals surface area contributed by atoms with Crippen LogP contribution in [0.1, 0.15) is 52.6 Å². The van der Waals surface area contributed by atoms with Gasteiger partial charge in [0.05, 0.1) is 10.6 Å². The zero-order valence-corrected chi connectivity index (χ0v) is 13.4. The Kier molecular flexibility index (Phi) is 4.38. The number of benzene rings is 2. The highest BCUT2D eigenvalue weighted by molar-refractivity contribution is 6.35. The van der Waals surface area contributed by atoms with E-state index in [0.29, 0.717) is 10.6 Å². The van der Waals surface area contributed by atoms with E-state index in [-0.39, 0.29) is 22.3 Å². The highest BCUT2D eigenvalue weighted by Gasteiger charge is 2.23. The van der Waals surface area contributed by atoms with Crippen LogP contribution in [0.5, 0.6) is 0 Å². The quantitative estimate of drug-likeness (QED) is 0.844. The third-order valence-electron chi connectivity index (χ3n) is 3.48. The Bertz CT molecular complexity index is 742. The average Bonchev–Trinajstić information content (AvgIpc) is 2.45. The van der Waals surface area contributed by atoms with Crippen molar-refractivity contribution in [2.45, 2.75) is 26.2 Å². The summed E-state index contributed by atoms with van der Waals surface area (Å²) in [6.45, 7) is 6.02. The molecule has 22 heavy (non-hydrogen) atoms. The molecule has 0 aliphatic heterocycles. The molecule has 0 aliphatic rings. The fourth-order valence-electron chi connectivity index (χ4n) is 2.18. The Hall–Kier alpha value is -2.13. The van der Waals surface area contributed by atoms with Crippen molar-refractivity contribution in [1.29, 1.82) is 0 Å². The maximum atomic E-state index is 12.7. The average molecular weight is 317 g/mol. The summed E-state index contributed by atoms with van der Waals surface area (Å²) in [5.74, 6) is -1.51. The lowest BCUT2D eigenvalue weighted by molar-refractivity contribution is 0.0692. The van der Waals surface area contributed by atoms with Gasteiger partial charge in [0.25, 0.3) is 0 Å². The van der Waals surface area contributed by atoms with Gasteiger partial charge in [-0.25, -0.2) is 4.79 Å². The van der Waals surface area contributed by atoms with Gasteiger partial charge in [-0.3, -0.25) is 4.79 Å². The Balaban J connectivity index is 2.64. The molecule has 0 saturated heterocycles. The molecule has 0 unspecified atom stereocenters. The number of carboxylic acids is 1. The smallest absolute Gasteiger partial charge is 0.336 e. The summed E-state index contributed by atoms with van der Waals surface area (Å²) in [6.07, 6.45) is 0. The molecule has 4 heteroatoms. The van der Waals surface area contributed by atoms with E-state index in [2.05, 4.69) is 0 Å². The number of rotatable bonds is 3. The second-order valence-electron chi connectivity index (χ2n) is 6.12. The molecule has 1 N–H and O–H groups in total. The molecule has 3 nitrogen and oxygen atoms in total. The lowest BCUT2D eigenvalue weighted by Gasteiger charge is -2.20. The van der Waals surface area contributed by atoms with Gasteiger partial charge < -0.3 is 5.11 Å². The number of hydrogen-bond acceptors (Lipinski definition) is 2. The van der Waals surface area contributed by atoms with Crippen molar-refractivity contribution in [3.8, 4) is 0 Å². The van der Waals surface area contributed by atoms with Gasteiger partial charge in [-0.2, -0.15) is 0 Å². The maximum Gasteiger partial charge on any atom is 0.336 e. The van der Waals surface area contributed by atoms with Crippen molar-refractivity contribution in [2.75, 3.05) is 0 Å². The highest BCUT2D eigenvalue weighted by atomic mass is 35.5. The summed E-state index contributed by atoms with van der Waals surface area (Å²) in [5.41, 5.74) is 1.16. The van der Waals surface area contributed by atoms with Gasteiger partial charge in [0.2, 0.25) is 0 Å². The molecule has 0 aromatic heterocycles. The molecule has 0 saturated carbocycles. The normalized spacial score (nSPS) is 11.3. The van der Waals surface area contributed by atoms with E-state index in [9.17, 15) is 14.7 Å². The van der Waals surface area contributed by atoms with Crippen molar-refractivity contribution in [2.24, 2.45) is 0 Å². The van der Waals surface area contributed by atoms with Crippen LogP contribution in [0.2, 0.25) is 5.02 Å². The van der Waals surface area contributed by atoms with Crippen LogP contribution in [0.3, 0.4) is 0 Å². The SMILES string of the molecule is CC(C)(C)c1ccc(C(=O)O)c(C(=O)c2ccccc2Cl)c1. The maximum absolute atomic E-state index is 12.7. The Labute approximate surface area is 134 Å². The lowest BCUT2D eigenvalue weighted by atomic mass is 9.84. The molecule has 2 aromatic carbocycles. The molecule has 0 fully saturated rings. The third kappa shape index (κ3) is 3.20. The zero-order chi connectivity index (χ0) is 16.5. The van der Waals surface area contributed by atoms with E-state index in [1.807, 2.05) is 20.8 Å². The van der Waals surface area contributed by atoms with Crippen LogP contribution >= 0.6 is 11.6 Å². The summed E-state index contributed by atoms with van der Waals surface area (Å²) < 4.78 is 0. The molecule has 0 aliphatic carbocycles. The number of ketones is 1. The van der Waals surface area contributed by atoms with E-state index in [0.717, 1.165) is 5.56 Å². The molecule has 114 valence electrons. The van der Waals surface area contributed by atoms with E-state index >= 15 is 0 Å². The highest BCUT2D eigenvalue weighted by Crippen LogP contribution is 2.27. The zero-order valence-electron chi connectivity index (χ0n) is 12.7.